The van der Waals surface area contributed by atoms with Gasteiger partial charge in [0.05, 0.1) is 12.6 Å². The number of oxime groups is 2. The molecule has 0 aliphatic carbocycles. The van der Waals surface area contributed by atoms with Crippen molar-refractivity contribution in [3.63, 3.8) is 0 Å². The van der Waals surface area contributed by atoms with Crippen LogP contribution in [0.3, 0.4) is 0 Å². The number of hydrogen-bond acceptors (Lipinski definition) is 8. The van der Waals surface area contributed by atoms with E-state index in [1.165, 1.54) is 11.9 Å². The number of rotatable bonds is 13. The van der Waals surface area contributed by atoms with Crippen LogP contribution in [0.1, 0.15) is 27.8 Å². The van der Waals surface area contributed by atoms with Gasteiger partial charge in [0.1, 0.15) is 0 Å². The fraction of sp³-hybridized carbons (Fsp3) is 0.185. The third-order valence-corrected chi connectivity index (χ3v) is 6.59. The van der Waals surface area contributed by atoms with Crippen molar-refractivity contribution in [2.45, 2.75) is 24.8 Å². The number of nitrogens with zero attached hydrogens (tertiary/aromatic N) is 2. The Morgan fingerprint density at radius 1 is 0.795 bits per heavy atom. The molecule has 0 bridgehead atoms. The molecule has 0 saturated carbocycles. The SMILES string of the molecule is N/C(=N\O)c1ccc(CNC(=O)CNC(=O)[C@@H](Cc2cccc(/C(N)=N\O)c2)NSCc2ccccc2)cc1. The molecule has 0 spiro atoms. The second-order valence-corrected chi connectivity index (χ2v) is 9.32. The van der Waals surface area contributed by atoms with Crippen LogP contribution in [0.15, 0.2) is 89.2 Å². The molecule has 0 radical (unpaired) electrons. The van der Waals surface area contributed by atoms with Gasteiger partial charge in [-0.05, 0) is 29.2 Å². The molecule has 9 N–H and O–H groups in total. The Labute approximate surface area is 230 Å². The molecule has 12 heteroatoms. The van der Waals surface area contributed by atoms with Crippen LogP contribution < -0.4 is 26.8 Å². The second-order valence-electron chi connectivity index (χ2n) is 8.51. The first-order valence-corrected chi connectivity index (χ1v) is 13.0. The van der Waals surface area contributed by atoms with E-state index in [1.54, 1.807) is 42.5 Å². The maximum atomic E-state index is 13.1. The van der Waals surface area contributed by atoms with Gasteiger partial charge >= 0.3 is 0 Å². The first kappa shape index (κ1) is 29.0. The van der Waals surface area contributed by atoms with E-state index < -0.39 is 6.04 Å². The predicted octanol–water partition coefficient (Wildman–Crippen LogP) is 1.66. The predicted molar refractivity (Wildman–Crippen MR) is 151 cm³/mol. The minimum absolute atomic E-state index is 0.00452. The minimum atomic E-state index is -0.653. The lowest BCUT2D eigenvalue weighted by molar-refractivity contribution is -0.127. The van der Waals surface area contributed by atoms with E-state index in [4.69, 9.17) is 21.9 Å². The maximum Gasteiger partial charge on any atom is 0.239 e. The van der Waals surface area contributed by atoms with Crippen LogP contribution >= 0.6 is 11.9 Å². The van der Waals surface area contributed by atoms with Crippen LogP contribution in [0.25, 0.3) is 0 Å². The van der Waals surface area contributed by atoms with Crippen molar-refractivity contribution in [1.82, 2.24) is 15.4 Å². The zero-order valence-electron chi connectivity index (χ0n) is 21.1. The highest BCUT2D eigenvalue weighted by molar-refractivity contribution is 7.96. The lowest BCUT2D eigenvalue weighted by atomic mass is 10.0. The first-order chi connectivity index (χ1) is 18.9. The molecule has 204 valence electrons. The van der Waals surface area contributed by atoms with Gasteiger partial charge in [-0.3, -0.25) is 14.3 Å². The van der Waals surface area contributed by atoms with Crippen LogP contribution in [-0.2, 0) is 28.3 Å². The molecular formula is C27H31N7O4S. The molecule has 0 fully saturated rings. The lowest BCUT2D eigenvalue weighted by Gasteiger charge is -2.18. The maximum absolute atomic E-state index is 13.1. The summed E-state index contributed by atoms with van der Waals surface area (Å²) in [5, 5.41) is 29.2. The van der Waals surface area contributed by atoms with E-state index in [0.29, 0.717) is 23.3 Å². The van der Waals surface area contributed by atoms with Crippen molar-refractivity contribution in [3.05, 3.63) is 107 Å². The number of nitrogens with one attached hydrogen (secondary N) is 3. The lowest BCUT2D eigenvalue weighted by Crippen LogP contribution is -2.46. The number of hydrogen-bond donors (Lipinski definition) is 7. The summed E-state index contributed by atoms with van der Waals surface area (Å²) in [5.74, 6) is -0.0867. The number of nitrogens with two attached hydrogens (primary N) is 2. The zero-order chi connectivity index (χ0) is 28.0. The molecular weight excluding hydrogens is 518 g/mol. The molecule has 3 aromatic rings. The summed E-state index contributed by atoms with van der Waals surface area (Å²) in [6, 6.07) is 23.1. The summed E-state index contributed by atoms with van der Waals surface area (Å²) in [5.41, 5.74) is 15.1. The highest BCUT2D eigenvalue weighted by Gasteiger charge is 2.20. The molecule has 0 heterocycles. The van der Waals surface area contributed by atoms with Crippen molar-refractivity contribution in [1.29, 1.82) is 0 Å². The van der Waals surface area contributed by atoms with Crippen molar-refractivity contribution in [2.75, 3.05) is 6.54 Å². The van der Waals surface area contributed by atoms with Gasteiger partial charge in [0, 0.05) is 23.4 Å². The summed E-state index contributed by atoms with van der Waals surface area (Å²) < 4.78 is 3.20. The summed E-state index contributed by atoms with van der Waals surface area (Å²) in [6.07, 6.45) is 0.314. The number of amidine groups is 2. The Hall–Kier alpha value is -4.55. The van der Waals surface area contributed by atoms with Gasteiger partial charge in [0.25, 0.3) is 0 Å². The normalized spacial score (nSPS) is 12.5. The molecule has 0 unspecified atom stereocenters. The third-order valence-electron chi connectivity index (χ3n) is 5.66. The van der Waals surface area contributed by atoms with E-state index in [0.717, 1.165) is 16.7 Å². The van der Waals surface area contributed by atoms with E-state index in [1.807, 2.05) is 36.4 Å². The molecule has 0 aromatic heterocycles. The van der Waals surface area contributed by atoms with Gasteiger partial charge in [-0.25, -0.2) is 0 Å². The van der Waals surface area contributed by atoms with Crippen molar-refractivity contribution in [2.24, 2.45) is 21.8 Å². The van der Waals surface area contributed by atoms with Gasteiger partial charge in [0.15, 0.2) is 11.7 Å². The Morgan fingerprint density at radius 3 is 2.15 bits per heavy atom. The molecule has 3 aromatic carbocycles. The molecule has 3 rings (SSSR count). The Bertz CT molecular complexity index is 1300. The quantitative estimate of drug-likeness (QED) is 0.0551. The van der Waals surface area contributed by atoms with E-state index >= 15 is 0 Å². The fourth-order valence-electron chi connectivity index (χ4n) is 3.54. The molecule has 11 nitrogen and oxygen atoms in total. The van der Waals surface area contributed by atoms with Crippen LogP contribution in [-0.4, -0.2) is 46.5 Å². The number of amides is 2. The molecule has 0 aliphatic rings. The highest BCUT2D eigenvalue weighted by atomic mass is 32.2. The molecule has 0 aliphatic heterocycles. The summed E-state index contributed by atoms with van der Waals surface area (Å²) in [4.78, 5) is 25.5. The van der Waals surface area contributed by atoms with Gasteiger partial charge in [-0.1, -0.05) is 95.1 Å². The average molecular weight is 550 g/mol. The second kappa shape index (κ2) is 15.0. The zero-order valence-corrected chi connectivity index (χ0v) is 21.9. The summed E-state index contributed by atoms with van der Waals surface area (Å²) >= 11 is 1.39. The van der Waals surface area contributed by atoms with Crippen LogP contribution in [0, 0.1) is 0 Å². The minimum Gasteiger partial charge on any atom is -0.409 e. The average Bonchev–Trinajstić information content (AvgIpc) is 2.98. The molecule has 2 amide bonds. The monoisotopic (exact) mass is 549 g/mol. The van der Waals surface area contributed by atoms with Crippen LogP contribution in [0.4, 0.5) is 0 Å². The van der Waals surface area contributed by atoms with E-state index in [-0.39, 0.29) is 36.6 Å². The fourth-order valence-corrected chi connectivity index (χ4v) is 4.38. The Balaban J connectivity index is 1.58. The Morgan fingerprint density at radius 2 is 1.46 bits per heavy atom. The molecule has 1 atom stereocenters. The smallest absolute Gasteiger partial charge is 0.239 e. The number of carbonyl (C=O) groups is 2. The van der Waals surface area contributed by atoms with Crippen molar-refractivity contribution in [3.8, 4) is 0 Å². The highest BCUT2D eigenvalue weighted by Crippen LogP contribution is 2.13. The molecule has 0 saturated heterocycles. The van der Waals surface area contributed by atoms with Gasteiger partial charge in [-0.15, -0.1) is 0 Å². The first-order valence-electron chi connectivity index (χ1n) is 12.0. The van der Waals surface area contributed by atoms with Gasteiger partial charge in [-0.2, -0.15) is 0 Å². The standard InChI is InChI=1S/C27H31N7O4S/c28-25(32-37)21-11-9-18(10-12-21)15-30-24(35)16-31-27(36)23(34-39-17-19-5-2-1-3-6-19)14-20-7-4-8-22(13-20)26(29)33-38/h1-13,23,34,37-38H,14-17H2,(H2,28,32)(H2,29,33)(H,30,35)(H,31,36)/t23-/m1/s1. The van der Waals surface area contributed by atoms with Gasteiger partial charge < -0.3 is 32.5 Å². The topological polar surface area (TPSA) is 187 Å². The van der Waals surface area contributed by atoms with Crippen LogP contribution in [0.5, 0.6) is 0 Å². The number of benzene rings is 3. The van der Waals surface area contributed by atoms with Crippen molar-refractivity contribution < 1.29 is 20.0 Å². The van der Waals surface area contributed by atoms with E-state index in [9.17, 15) is 9.59 Å². The van der Waals surface area contributed by atoms with E-state index in [2.05, 4.69) is 25.7 Å². The van der Waals surface area contributed by atoms with Crippen molar-refractivity contribution >= 4 is 35.4 Å². The van der Waals surface area contributed by atoms with Crippen LogP contribution in [0.2, 0.25) is 0 Å². The van der Waals surface area contributed by atoms with Gasteiger partial charge in [0.2, 0.25) is 11.8 Å². The Kier molecular flexibility index (Phi) is 11.2. The summed E-state index contributed by atoms with van der Waals surface area (Å²) in [7, 11) is 0. The summed E-state index contributed by atoms with van der Waals surface area (Å²) in [6.45, 7) is 0.0487. The molecule has 39 heavy (non-hydrogen) atoms. The number of carbonyl (C=O) groups excluding carboxylic acids is 2. The largest absolute Gasteiger partial charge is 0.409 e. The third kappa shape index (κ3) is 9.36.